The minimum absolute atomic E-state index is 0.175. The summed E-state index contributed by atoms with van der Waals surface area (Å²) in [5.74, 6) is -2.57. The Balaban J connectivity index is 1.17. The maximum absolute atomic E-state index is 13.3. The summed E-state index contributed by atoms with van der Waals surface area (Å²) in [6, 6.07) is 2.22. The average Bonchev–Trinajstić information content (AvgIpc) is 3.40. The third kappa shape index (κ3) is 5.94. The number of hydrogen-bond donors (Lipinski definition) is 3. The van der Waals surface area contributed by atoms with Gasteiger partial charge < -0.3 is 15.7 Å². The highest BCUT2D eigenvalue weighted by Crippen LogP contribution is 2.41. The van der Waals surface area contributed by atoms with Gasteiger partial charge in [0.1, 0.15) is 11.4 Å². The van der Waals surface area contributed by atoms with E-state index in [1.165, 1.54) is 11.3 Å². The first kappa shape index (κ1) is 27.5. The highest BCUT2D eigenvalue weighted by atomic mass is 32.1. The first-order chi connectivity index (χ1) is 18.3. The van der Waals surface area contributed by atoms with Crippen molar-refractivity contribution in [1.82, 2.24) is 25.2 Å². The van der Waals surface area contributed by atoms with E-state index >= 15 is 0 Å². The number of rotatable bonds is 6. The van der Waals surface area contributed by atoms with Gasteiger partial charge in [0.25, 0.3) is 0 Å². The Labute approximate surface area is 222 Å². The summed E-state index contributed by atoms with van der Waals surface area (Å²) in [4.78, 5) is 26.3. The second-order valence-corrected chi connectivity index (χ2v) is 10.7. The number of fused-ring (bicyclic) bond motifs is 1. The summed E-state index contributed by atoms with van der Waals surface area (Å²) in [7, 11) is 0. The lowest BCUT2D eigenvalue weighted by Crippen LogP contribution is -2.63. The van der Waals surface area contributed by atoms with Crippen LogP contribution >= 0.6 is 11.3 Å². The van der Waals surface area contributed by atoms with E-state index in [4.69, 9.17) is 0 Å². The summed E-state index contributed by atoms with van der Waals surface area (Å²) in [6.45, 7) is 0.680. The number of thiazole rings is 1. The molecule has 210 valence electrons. The van der Waals surface area contributed by atoms with Gasteiger partial charge in [-0.25, -0.2) is 9.97 Å². The predicted molar refractivity (Wildman–Crippen MR) is 130 cm³/mol. The number of anilines is 1. The number of aliphatic hydroxyl groups is 1. The minimum atomic E-state index is -4.93. The van der Waals surface area contributed by atoms with Gasteiger partial charge in [0.15, 0.2) is 0 Å². The zero-order valence-corrected chi connectivity index (χ0v) is 21.1. The van der Waals surface area contributed by atoms with Crippen LogP contribution in [-0.2, 0) is 22.7 Å². The van der Waals surface area contributed by atoms with E-state index < -0.39 is 47.6 Å². The Bertz CT molecular complexity index is 1340. The monoisotopic (exact) mass is 574 g/mol. The van der Waals surface area contributed by atoms with Crippen LogP contribution in [0, 0.1) is 0 Å². The lowest BCUT2D eigenvalue weighted by molar-refractivity contribution is -0.144. The summed E-state index contributed by atoms with van der Waals surface area (Å²) in [6.07, 6.45) is -5.16. The number of likely N-dealkylation sites (tertiary alicyclic amines) is 1. The SMILES string of the molecule is O=C(CNc1nc(C(F)(F)F)nc2ccc(C(F)(F)F)cc12)NC1CN(C2CCC(O)(c3cncs3)CC2)C1. The molecule has 0 unspecified atom stereocenters. The number of amides is 1. The summed E-state index contributed by atoms with van der Waals surface area (Å²) in [5, 5.41) is 15.8. The van der Waals surface area contributed by atoms with Crippen LogP contribution in [0.2, 0.25) is 0 Å². The van der Waals surface area contributed by atoms with Crippen LogP contribution in [0.25, 0.3) is 10.9 Å². The van der Waals surface area contributed by atoms with Crippen molar-refractivity contribution in [2.75, 3.05) is 25.0 Å². The van der Waals surface area contributed by atoms with Crippen LogP contribution in [0.15, 0.2) is 29.9 Å². The summed E-state index contributed by atoms with van der Waals surface area (Å²) < 4.78 is 79.3. The molecular weight excluding hydrogens is 550 g/mol. The van der Waals surface area contributed by atoms with Crippen LogP contribution in [0.4, 0.5) is 32.2 Å². The van der Waals surface area contributed by atoms with Gasteiger partial charge in [-0.3, -0.25) is 14.7 Å². The Morgan fingerprint density at radius 3 is 2.44 bits per heavy atom. The number of aromatic nitrogens is 3. The molecule has 1 aliphatic carbocycles. The quantitative estimate of drug-likeness (QED) is 0.380. The van der Waals surface area contributed by atoms with E-state index in [0.717, 1.165) is 23.8 Å². The Morgan fingerprint density at radius 2 is 1.82 bits per heavy atom. The van der Waals surface area contributed by atoms with Crippen LogP contribution < -0.4 is 10.6 Å². The largest absolute Gasteiger partial charge is 0.451 e. The molecule has 0 atom stereocenters. The molecule has 0 spiro atoms. The van der Waals surface area contributed by atoms with Crippen LogP contribution in [0.1, 0.15) is 41.9 Å². The Hall–Kier alpha value is -3.04. The number of carbonyl (C=O) groups is 1. The second-order valence-electron chi connectivity index (χ2n) is 9.82. The number of nitrogens with one attached hydrogen (secondary N) is 2. The molecule has 2 aliphatic rings. The average molecular weight is 575 g/mol. The molecule has 2 fully saturated rings. The highest BCUT2D eigenvalue weighted by Gasteiger charge is 2.41. The van der Waals surface area contributed by atoms with Crippen molar-refractivity contribution >= 4 is 34.0 Å². The standard InChI is InChI=1S/C24H24F6N6O2S/c25-23(26,27)13-1-2-17-16(7-13)20(35-21(34-17)24(28,29)30)32-9-19(37)33-14-10-36(11-14)15-3-5-22(38,6-4-15)18-8-31-12-39-18/h1-2,7-8,12,14-15,38H,3-6,9-11H2,(H,33,37)(H,32,34,35). The third-order valence-electron chi connectivity index (χ3n) is 7.16. The molecule has 5 rings (SSSR count). The van der Waals surface area contributed by atoms with E-state index in [0.29, 0.717) is 38.1 Å². The molecule has 1 amide bonds. The predicted octanol–water partition coefficient (Wildman–Crippen LogP) is 4.17. The molecule has 1 saturated heterocycles. The molecule has 0 bridgehead atoms. The van der Waals surface area contributed by atoms with Crippen molar-refractivity contribution in [2.24, 2.45) is 0 Å². The number of carbonyl (C=O) groups excluding carboxylic acids is 1. The van der Waals surface area contributed by atoms with Crippen LogP contribution in [0.5, 0.6) is 0 Å². The normalized spacial score (nSPS) is 23.0. The first-order valence-corrected chi connectivity index (χ1v) is 13.0. The van der Waals surface area contributed by atoms with Crippen molar-refractivity contribution in [1.29, 1.82) is 0 Å². The van der Waals surface area contributed by atoms with Crippen LogP contribution in [-0.4, -0.2) is 62.6 Å². The highest BCUT2D eigenvalue weighted by molar-refractivity contribution is 7.09. The summed E-state index contributed by atoms with van der Waals surface area (Å²) in [5.41, 5.74) is -0.579. The molecule has 0 radical (unpaired) electrons. The van der Waals surface area contributed by atoms with E-state index in [-0.39, 0.29) is 23.0 Å². The molecular formula is C24H24F6N6O2S. The van der Waals surface area contributed by atoms with Crippen molar-refractivity contribution in [3.05, 3.63) is 46.2 Å². The van der Waals surface area contributed by atoms with Gasteiger partial charge in [0, 0.05) is 30.7 Å². The zero-order chi connectivity index (χ0) is 28.0. The van der Waals surface area contributed by atoms with E-state index in [9.17, 15) is 36.2 Å². The molecule has 1 aromatic carbocycles. The fourth-order valence-corrected chi connectivity index (χ4v) is 5.83. The topological polar surface area (TPSA) is 103 Å². The molecule has 2 aromatic heterocycles. The van der Waals surface area contributed by atoms with Crippen molar-refractivity contribution in [3.8, 4) is 0 Å². The van der Waals surface area contributed by atoms with Crippen molar-refractivity contribution in [3.63, 3.8) is 0 Å². The molecule has 1 aliphatic heterocycles. The molecule has 39 heavy (non-hydrogen) atoms. The maximum Gasteiger partial charge on any atom is 0.451 e. The first-order valence-electron chi connectivity index (χ1n) is 12.2. The number of hydrogen-bond acceptors (Lipinski definition) is 8. The number of benzene rings is 1. The fourth-order valence-electron chi connectivity index (χ4n) is 5.05. The number of halogens is 6. The molecule has 3 heterocycles. The Morgan fingerprint density at radius 1 is 1.10 bits per heavy atom. The van der Waals surface area contributed by atoms with E-state index in [1.54, 1.807) is 11.7 Å². The van der Waals surface area contributed by atoms with Gasteiger partial charge in [-0.15, -0.1) is 11.3 Å². The van der Waals surface area contributed by atoms with Gasteiger partial charge in [0.2, 0.25) is 11.7 Å². The van der Waals surface area contributed by atoms with Gasteiger partial charge >= 0.3 is 12.4 Å². The second kappa shape index (κ2) is 10.2. The number of alkyl halides is 6. The summed E-state index contributed by atoms with van der Waals surface area (Å²) >= 11 is 1.43. The van der Waals surface area contributed by atoms with Gasteiger partial charge in [0.05, 0.1) is 34.1 Å². The Kier molecular flexibility index (Phi) is 7.18. The molecule has 8 nitrogen and oxygen atoms in total. The molecule has 3 N–H and O–H groups in total. The zero-order valence-electron chi connectivity index (χ0n) is 20.3. The van der Waals surface area contributed by atoms with Gasteiger partial charge in [-0.2, -0.15) is 26.3 Å². The molecule has 1 saturated carbocycles. The fraction of sp³-hybridized carbons (Fsp3) is 0.500. The van der Waals surface area contributed by atoms with Gasteiger partial charge in [-0.1, -0.05) is 0 Å². The van der Waals surface area contributed by atoms with Gasteiger partial charge in [-0.05, 0) is 43.9 Å². The minimum Gasteiger partial charge on any atom is -0.384 e. The van der Waals surface area contributed by atoms with Crippen molar-refractivity contribution in [2.45, 2.75) is 55.7 Å². The van der Waals surface area contributed by atoms with Crippen LogP contribution in [0.3, 0.4) is 0 Å². The van der Waals surface area contributed by atoms with Crippen molar-refractivity contribution < 1.29 is 36.2 Å². The van der Waals surface area contributed by atoms with E-state index in [1.807, 2.05) is 0 Å². The number of nitrogens with zero attached hydrogens (tertiary/aromatic N) is 4. The smallest absolute Gasteiger partial charge is 0.384 e. The molecule has 15 heteroatoms. The lowest BCUT2D eigenvalue weighted by Gasteiger charge is -2.48. The molecule has 3 aromatic rings. The third-order valence-corrected chi connectivity index (χ3v) is 8.12. The lowest BCUT2D eigenvalue weighted by atomic mass is 9.80. The maximum atomic E-state index is 13.3. The van der Waals surface area contributed by atoms with E-state index in [2.05, 4.69) is 30.5 Å².